The van der Waals surface area contributed by atoms with Crippen molar-refractivity contribution in [3.63, 3.8) is 0 Å². The molecule has 0 spiro atoms. The first-order valence-corrected chi connectivity index (χ1v) is 9.52. The maximum absolute atomic E-state index is 5.82. The van der Waals surface area contributed by atoms with Gasteiger partial charge in [0, 0.05) is 12.0 Å². The molecular weight excluding hydrogens is 479 g/mol. The summed E-state index contributed by atoms with van der Waals surface area (Å²) in [5.74, 6) is 3.01. The summed E-state index contributed by atoms with van der Waals surface area (Å²) in [4.78, 5) is 16.7. The maximum atomic E-state index is 5.82. The van der Waals surface area contributed by atoms with Gasteiger partial charge in [0.1, 0.15) is 18.1 Å². The summed E-state index contributed by atoms with van der Waals surface area (Å²) in [7, 11) is 0. The van der Waals surface area contributed by atoms with E-state index in [-0.39, 0.29) is 29.4 Å². The Balaban J connectivity index is 0.00000300. The average Bonchev–Trinajstić information content (AvgIpc) is 3.34. The van der Waals surface area contributed by atoms with Gasteiger partial charge in [-0.25, -0.2) is 15.0 Å². The zero-order valence-electron chi connectivity index (χ0n) is 17.3. The van der Waals surface area contributed by atoms with Crippen molar-refractivity contribution in [2.75, 3.05) is 6.54 Å². The van der Waals surface area contributed by atoms with Gasteiger partial charge in [0.05, 0.1) is 24.6 Å². The number of imidazole rings is 1. The molecule has 8 heteroatoms. The third kappa shape index (κ3) is 6.59. The molecule has 0 atom stereocenters. The maximum Gasteiger partial charge on any atom is 0.213 e. The Labute approximate surface area is 188 Å². The number of oxazole rings is 1. The van der Waals surface area contributed by atoms with E-state index in [1.807, 2.05) is 43.5 Å². The zero-order chi connectivity index (χ0) is 20.0. The quantitative estimate of drug-likeness (QED) is 0.263. The van der Waals surface area contributed by atoms with Gasteiger partial charge in [-0.15, -0.1) is 24.0 Å². The van der Waals surface area contributed by atoms with Gasteiger partial charge in [0.25, 0.3) is 0 Å². The lowest BCUT2D eigenvalue weighted by Crippen LogP contribution is -2.36. The molecule has 0 radical (unpaired) electrons. The highest BCUT2D eigenvalue weighted by Crippen LogP contribution is 2.22. The number of hydrogen-bond acceptors (Lipinski definition) is 4. The van der Waals surface area contributed by atoms with Crippen LogP contribution < -0.4 is 10.6 Å². The number of H-pyrrole nitrogens is 1. The van der Waals surface area contributed by atoms with Crippen LogP contribution in [0.3, 0.4) is 0 Å². The third-order valence-electron chi connectivity index (χ3n) is 4.14. The zero-order valence-corrected chi connectivity index (χ0v) is 19.7. The minimum atomic E-state index is -0.0560. The summed E-state index contributed by atoms with van der Waals surface area (Å²) < 4.78 is 5.82. The number of benzene rings is 1. The summed E-state index contributed by atoms with van der Waals surface area (Å²) in [6, 6.07) is 10.1. The van der Waals surface area contributed by atoms with Gasteiger partial charge in [-0.3, -0.25) is 0 Å². The van der Waals surface area contributed by atoms with Crippen LogP contribution in [0.15, 0.2) is 52.1 Å². The number of aliphatic imine (C=N–C) groups is 1. The molecular formula is C21H29IN6O. The number of aromatic nitrogens is 3. The standard InChI is InChI=1S/C21H28N6O.HI/c1-5-22-20(26-14-19-24-12-17(28-19)21(2,3)4)25-13-18-23-11-16(27-18)15-9-7-6-8-10-15;/h6-12H,5,13-14H2,1-4H3,(H,23,27)(H2,22,25,26);1H. The van der Waals surface area contributed by atoms with E-state index < -0.39 is 0 Å². The Morgan fingerprint density at radius 2 is 1.86 bits per heavy atom. The normalized spacial score (nSPS) is 11.8. The molecule has 3 rings (SSSR count). The summed E-state index contributed by atoms with van der Waals surface area (Å²) in [6.45, 7) is 10.0. The Morgan fingerprint density at radius 1 is 1.10 bits per heavy atom. The van der Waals surface area contributed by atoms with Gasteiger partial charge >= 0.3 is 0 Å². The molecule has 29 heavy (non-hydrogen) atoms. The molecule has 156 valence electrons. The van der Waals surface area contributed by atoms with Crippen molar-refractivity contribution in [3.05, 3.63) is 60.2 Å². The average molecular weight is 508 g/mol. The van der Waals surface area contributed by atoms with E-state index in [4.69, 9.17) is 4.42 Å². The van der Waals surface area contributed by atoms with Crippen molar-refractivity contribution in [2.24, 2.45) is 4.99 Å². The van der Waals surface area contributed by atoms with Crippen LogP contribution in [-0.2, 0) is 18.5 Å². The monoisotopic (exact) mass is 508 g/mol. The van der Waals surface area contributed by atoms with Crippen LogP contribution in [-0.4, -0.2) is 27.5 Å². The fourth-order valence-electron chi connectivity index (χ4n) is 2.60. The van der Waals surface area contributed by atoms with Crippen molar-refractivity contribution in [2.45, 2.75) is 46.2 Å². The number of guanidine groups is 1. The Hall–Kier alpha value is -2.36. The van der Waals surface area contributed by atoms with E-state index in [2.05, 4.69) is 51.3 Å². The van der Waals surface area contributed by atoms with Crippen LogP contribution in [0, 0.1) is 0 Å². The highest BCUT2D eigenvalue weighted by atomic mass is 127. The highest BCUT2D eigenvalue weighted by Gasteiger charge is 2.19. The van der Waals surface area contributed by atoms with E-state index in [0.717, 1.165) is 29.4 Å². The van der Waals surface area contributed by atoms with Crippen LogP contribution in [0.2, 0.25) is 0 Å². The van der Waals surface area contributed by atoms with Gasteiger partial charge in [0.15, 0.2) is 5.96 Å². The van der Waals surface area contributed by atoms with Crippen molar-refractivity contribution in [1.29, 1.82) is 0 Å². The second-order valence-electron chi connectivity index (χ2n) is 7.53. The van der Waals surface area contributed by atoms with E-state index in [0.29, 0.717) is 24.9 Å². The van der Waals surface area contributed by atoms with Crippen molar-refractivity contribution in [3.8, 4) is 11.3 Å². The van der Waals surface area contributed by atoms with Crippen LogP contribution in [0.4, 0.5) is 0 Å². The third-order valence-corrected chi connectivity index (χ3v) is 4.14. The van der Waals surface area contributed by atoms with Gasteiger partial charge in [0.2, 0.25) is 5.89 Å². The molecule has 0 fully saturated rings. The number of halogens is 1. The topological polar surface area (TPSA) is 91.1 Å². The molecule has 0 aliphatic heterocycles. The molecule has 0 aliphatic carbocycles. The molecule has 0 amide bonds. The SMILES string of the molecule is CCNC(=NCc1ncc(-c2ccccc2)[nH]1)NCc1ncc(C(C)(C)C)o1.I. The predicted molar refractivity (Wildman–Crippen MR) is 126 cm³/mol. The summed E-state index contributed by atoms with van der Waals surface area (Å²) in [6.07, 6.45) is 3.62. The minimum Gasteiger partial charge on any atom is -0.443 e. The number of aromatic amines is 1. The predicted octanol–water partition coefficient (Wildman–Crippen LogP) is 4.24. The van der Waals surface area contributed by atoms with Gasteiger partial charge in [-0.1, -0.05) is 51.1 Å². The summed E-state index contributed by atoms with van der Waals surface area (Å²) in [5.41, 5.74) is 2.03. The van der Waals surface area contributed by atoms with Crippen LogP contribution >= 0.6 is 24.0 Å². The molecule has 0 saturated heterocycles. The van der Waals surface area contributed by atoms with Gasteiger partial charge in [-0.05, 0) is 12.5 Å². The van der Waals surface area contributed by atoms with Crippen molar-refractivity contribution in [1.82, 2.24) is 25.6 Å². The lowest BCUT2D eigenvalue weighted by molar-refractivity contribution is 0.379. The second kappa shape index (κ2) is 10.4. The first-order chi connectivity index (χ1) is 13.5. The van der Waals surface area contributed by atoms with E-state index in [1.54, 1.807) is 6.20 Å². The smallest absolute Gasteiger partial charge is 0.213 e. The molecule has 0 saturated carbocycles. The summed E-state index contributed by atoms with van der Waals surface area (Å²) in [5, 5.41) is 6.48. The van der Waals surface area contributed by atoms with Crippen molar-refractivity contribution >= 4 is 29.9 Å². The lowest BCUT2D eigenvalue weighted by Gasteiger charge is -2.13. The molecule has 1 aromatic carbocycles. The number of rotatable bonds is 6. The Kier molecular flexibility index (Phi) is 8.24. The minimum absolute atomic E-state index is 0. The number of nitrogens with one attached hydrogen (secondary N) is 3. The van der Waals surface area contributed by atoms with Crippen molar-refractivity contribution < 1.29 is 4.42 Å². The number of nitrogens with zero attached hydrogens (tertiary/aromatic N) is 3. The largest absolute Gasteiger partial charge is 0.443 e. The van der Waals surface area contributed by atoms with Crippen LogP contribution in [0.5, 0.6) is 0 Å². The fourth-order valence-corrected chi connectivity index (χ4v) is 2.60. The highest BCUT2D eigenvalue weighted by molar-refractivity contribution is 14.0. The van der Waals surface area contributed by atoms with Gasteiger partial charge in [-0.2, -0.15) is 0 Å². The number of hydrogen-bond donors (Lipinski definition) is 3. The second-order valence-corrected chi connectivity index (χ2v) is 7.53. The van der Waals surface area contributed by atoms with Crippen LogP contribution in [0.1, 0.15) is 45.2 Å². The van der Waals surface area contributed by atoms with Crippen LogP contribution in [0.25, 0.3) is 11.3 Å². The van der Waals surface area contributed by atoms with E-state index in [1.165, 1.54) is 0 Å². The Bertz CT molecular complexity index is 911. The molecule has 3 aromatic rings. The fraction of sp³-hybridized carbons (Fsp3) is 0.381. The molecule has 2 heterocycles. The van der Waals surface area contributed by atoms with E-state index in [9.17, 15) is 0 Å². The molecule has 2 aromatic heterocycles. The Morgan fingerprint density at radius 3 is 2.52 bits per heavy atom. The van der Waals surface area contributed by atoms with E-state index >= 15 is 0 Å². The first kappa shape index (κ1) is 22.9. The lowest BCUT2D eigenvalue weighted by atomic mass is 9.94. The summed E-state index contributed by atoms with van der Waals surface area (Å²) >= 11 is 0. The van der Waals surface area contributed by atoms with Gasteiger partial charge < -0.3 is 20.0 Å². The first-order valence-electron chi connectivity index (χ1n) is 9.52. The molecule has 0 unspecified atom stereocenters. The molecule has 0 aliphatic rings. The molecule has 0 bridgehead atoms. The molecule has 7 nitrogen and oxygen atoms in total. The molecule has 3 N–H and O–H groups in total.